The van der Waals surface area contributed by atoms with Gasteiger partial charge < -0.3 is 0 Å². The van der Waals surface area contributed by atoms with Crippen LogP contribution < -0.4 is 5.30 Å². The Hall–Kier alpha value is 0.650. The Morgan fingerprint density at radius 1 is 1.11 bits per heavy atom. The molecule has 0 aliphatic rings. The van der Waals surface area contributed by atoms with Crippen molar-refractivity contribution in [3.05, 3.63) is 29.8 Å². The summed E-state index contributed by atoms with van der Waals surface area (Å²) in [5.41, 5.74) is 1.32. The molecule has 0 saturated heterocycles. The summed E-state index contributed by atoms with van der Waals surface area (Å²) in [6.45, 7) is 2.09. The molecule has 0 amide bonds. The molecule has 0 bridgehead atoms. The second-order valence-corrected chi connectivity index (χ2v) is 2.58. The maximum atomic E-state index is 2.65. The van der Waals surface area contributed by atoms with Gasteiger partial charge in [-0.25, -0.2) is 0 Å². The van der Waals surface area contributed by atoms with Crippen molar-refractivity contribution in [2.24, 2.45) is 0 Å². The van der Waals surface area contributed by atoms with E-state index >= 15 is 0 Å². The quantitative estimate of drug-likeness (QED) is 0.378. The van der Waals surface area contributed by atoms with Crippen LogP contribution in [-0.4, -0.2) is 29.6 Å². The van der Waals surface area contributed by atoms with Gasteiger partial charge in [-0.05, 0) is 12.2 Å². The Balaban J connectivity index is 0.000000640. The molecule has 0 aliphatic carbocycles. The Labute approximate surface area is 80.5 Å². The molecule has 0 fully saturated rings. The Kier molecular flexibility index (Phi) is 4.79. The van der Waals surface area contributed by atoms with Crippen LogP contribution in [0.3, 0.4) is 0 Å². The zero-order valence-electron chi connectivity index (χ0n) is 4.89. The molecule has 0 N–H and O–H groups in total. The van der Waals surface area contributed by atoms with E-state index in [0.717, 1.165) is 0 Å². The Morgan fingerprint density at radius 2 is 1.56 bits per heavy atom. The minimum absolute atomic E-state index is 0. The fourth-order valence-electron chi connectivity index (χ4n) is 0.566. The topological polar surface area (TPSA) is 0 Å². The molecule has 0 spiro atoms. The molecule has 1 aromatic rings. The molecule has 2 heteroatoms. The van der Waals surface area contributed by atoms with Gasteiger partial charge in [-0.1, -0.05) is 29.8 Å². The first kappa shape index (κ1) is 9.65. The van der Waals surface area contributed by atoms with E-state index in [2.05, 4.69) is 40.4 Å². The second kappa shape index (κ2) is 4.46. The zero-order valence-corrected chi connectivity index (χ0v) is 6.04. The number of hydrogen-bond donors (Lipinski definition) is 0. The van der Waals surface area contributed by atoms with Gasteiger partial charge >= 0.3 is 29.6 Å². The van der Waals surface area contributed by atoms with Crippen molar-refractivity contribution in [2.45, 2.75) is 6.92 Å². The third-order valence-corrected chi connectivity index (χ3v) is 1.46. The van der Waals surface area contributed by atoms with Gasteiger partial charge in [0.25, 0.3) is 0 Å². The van der Waals surface area contributed by atoms with Gasteiger partial charge in [-0.2, -0.15) is 0 Å². The fourth-order valence-corrected chi connectivity index (χ4v) is 0.759. The van der Waals surface area contributed by atoms with Crippen molar-refractivity contribution in [1.82, 2.24) is 0 Å². The number of rotatable bonds is 0. The summed E-state index contributed by atoms with van der Waals surface area (Å²) in [6, 6.07) is 8.37. The van der Waals surface area contributed by atoms with Crippen LogP contribution >= 0.6 is 9.24 Å². The van der Waals surface area contributed by atoms with E-state index in [-0.39, 0.29) is 29.6 Å². The van der Waals surface area contributed by atoms with Crippen molar-refractivity contribution in [1.29, 1.82) is 0 Å². The van der Waals surface area contributed by atoms with Gasteiger partial charge in [0.2, 0.25) is 0 Å². The predicted molar refractivity (Wildman–Crippen MR) is 47.7 cm³/mol. The van der Waals surface area contributed by atoms with E-state index < -0.39 is 0 Å². The first-order valence-corrected chi connectivity index (χ1v) is 3.19. The number of aryl methyl sites for hydroxylation is 1. The van der Waals surface area contributed by atoms with E-state index in [1.165, 1.54) is 10.9 Å². The van der Waals surface area contributed by atoms with E-state index in [1.807, 2.05) is 0 Å². The summed E-state index contributed by atoms with van der Waals surface area (Å²) in [5.74, 6) is 0. The van der Waals surface area contributed by atoms with Crippen LogP contribution in [0.1, 0.15) is 5.56 Å². The van der Waals surface area contributed by atoms with E-state index in [1.54, 1.807) is 0 Å². The van der Waals surface area contributed by atoms with E-state index in [0.29, 0.717) is 0 Å². The van der Waals surface area contributed by atoms with Crippen LogP contribution in [0.15, 0.2) is 24.3 Å². The first-order chi connectivity index (χ1) is 3.79. The Bertz CT molecular complexity index is 148. The van der Waals surface area contributed by atoms with Gasteiger partial charge in [0.1, 0.15) is 0 Å². The van der Waals surface area contributed by atoms with Crippen LogP contribution in [0.4, 0.5) is 0 Å². The average Bonchev–Trinajstić information content (AvgIpc) is 1.77. The van der Waals surface area contributed by atoms with E-state index in [4.69, 9.17) is 0 Å². The molecule has 1 atom stereocenters. The van der Waals surface area contributed by atoms with Crippen molar-refractivity contribution in [3.8, 4) is 0 Å². The maximum absolute atomic E-state index is 2.65. The molecular weight excluding hydrogens is 138 g/mol. The SMILES string of the molecule is Cc1ccc(P)cc1.[NaH]. The van der Waals surface area contributed by atoms with Crippen LogP contribution in [0.2, 0.25) is 0 Å². The van der Waals surface area contributed by atoms with Crippen molar-refractivity contribution < 1.29 is 0 Å². The van der Waals surface area contributed by atoms with Gasteiger partial charge in [-0.15, -0.1) is 9.24 Å². The molecule has 0 aliphatic heterocycles. The van der Waals surface area contributed by atoms with Crippen molar-refractivity contribution >= 4 is 44.1 Å². The fraction of sp³-hybridized carbons (Fsp3) is 0.143. The normalized spacial score (nSPS) is 8.22. The third-order valence-electron chi connectivity index (χ3n) is 1.08. The zero-order chi connectivity index (χ0) is 5.98. The van der Waals surface area contributed by atoms with Crippen LogP contribution in [0.25, 0.3) is 0 Å². The van der Waals surface area contributed by atoms with Crippen LogP contribution in [0, 0.1) is 6.92 Å². The summed E-state index contributed by atoms with van der Waals surface area (Å²) < 4.78 is 0. The first-order valence-electron chi connectivity index (χ1n) is 2.61. The molecular formula is C7H10NaP. The molecule has 1 rings (SSSR count). The molecule has 0 aromatic heterocycles. The van der Waals surface area contributed by atoms with Gasteiger partial charge in [-0.3, -0.25) is 0 Å². The van der Waals surface area contributed by atoms with Crippen LogP contribution in [0.5, 0.6) is 0 Å². The Morgan fingerprint density at radius 3 is 1.89 bits per heavy atom. The molecule has 0 heterocycles. The predicted octanol–water partition coefficient (Wildman–Crippen LogP) is 0.847. The summed E-state index contributed by atoms with van der Waals surface area (Å²) in [7, 11) is 2.65. The molecule has 1 unspecified atom stereocenters. The summed E-state index contributed by atoms with van der Waals surface area (Å²) in [5, 5.41) is 1.25. The van der Waals surface area contributed by atoms with Gasteiger partial charge in [0.05, 0.1) is 0 Å². The summed E-state index contributed by atoms with van der Waals surface area (Å²) >= 11 is 0. The van der Waals surface area contributed by atoms with Gasteiger partial charge in [0.15, 0.2) is 0 Å². The molecule has 0 saturated carbocycles. The molecule has 9 heavy (non-hydrogen) atoms. The third kappa shape index (κ3) is 3.37. The van der Waals surface area contributed by atoms with Crippen molar-refractivity contribution in [3.63, 3.8) is 0 Å². The number of hydrogen-bond acceptors (Lipinski definition) is 0. The summed E-state index contributed by atoms with van der Waals surface area (Å²) in [4.78, 5) is 0. The summed E-state index contributed by atoms with van der Waals surface area (Å²) in [6.07, 6.45) is 0. The molecule has 0 radical (unpaired) electrons. The number of benzene rings is 1. The van der Waals surface area contributed by atoms with Crippen molar-refractivity contribution in [2.75, 3.05) is 0 Å². The standard InChI is InChI=1S/C7H9P.Na.H/c1-6-2-4-7(8)5-3-6;;/h2-5H,8H2,1H3;;. The minimum atomic E-state index is 0. The average molecular weight is 148 g/mol. The molecule has 0 nitrogen and oxygen atoms in total. The van der Waals surface area contributed by atoms with E-state index in [9.17, 15) is 0 Å². The monoisotopic (exact) mass is 148 g/mol. The molecule has 1 aromatic carbocycles. The second-order valence-electron chi connectivity index (χ2n) is 1.91. The van der Waals surface area contributed by atoms with Gasteiger partial charge in [0, 0.05) is 0 Å². The van der Waals surface area contributed by atoms with Crippen LogP contribution in [-0.2, 0) is 0 Å². The molecule has 44 valence electrons.